The summed E-state index contributed by atoms with van der Waals surface area (Å²) in [4.78, 5) is 41.3. The van der Waals surface area contributed by atoms with Crippen LogP contribution in [-0.4, -0.2) is 58.1 Å². The maximum absolute atomic E-state index is 13.9. The van der Waals surface area contributed by atoms with Crippen LogP contribution in [0.25, 0.3) is 0 Å². The van der Waals surface area contributed by atoms with Gasteiger partial charge in [0.2, 0.25) is 11.8 Å². The number of hydrogen-bond donors (Lipinski definition) is 3. The molecule has 3 N–H and O–H groups in total. The normalized spacial score (nSPS) is 12.6. The number of hydrogen-bond acceptors (Lipinski definition) is 6. The molecule has 0 radical (unpaired) electrons. The Hall–Kier alpha value is -3.46. The maximum Gasteiger partial charge on any atom is 0.408 e. The molecule has 200 valence electrons. The number of aromatic hydroxyl groups is 1. The SMILES string of the molecule is C=CCN(C(=O)C(CCSC)NC(=O)OC(C)(C)C)C(C(=O)NCc1ccccc1)c1ccccc1O. The fourth-order valence-electron chi connectivity index (χ4n) is 3.66. The number of carbonyl (C=O) groups is 3. The van der Waals surface area contributed by atoms with Crippen molar-refractivity contribution in [1.82, 2.24) is 15.5 Å². The number of para-hydroxylation sites is 1. The lowest BCUT2D eigenvalue weighted by Gasteiger charge is -2.34. The number of carbonyl (C=O) groups excluding carboxylic acids is 3. The molecule has 0 saturated heterocycles. The lowest BCUT2D eigenvalue weighted by Crippen LogP contribution is -2.53. The molecule has 0 aliphatic rings. The Kier molecular flexibility index (Phi) is 11.5. The third-order valence-electron chi connectivity index (χ3n) is 5.31. The van der Waals surface area contributed by atoms with Crippen LogP contribution in [-0.2, 0) is 20.9 Å². The average Bonchev–Trinajstić information content (AvgIpc) is 2.85. The number of phenols is 1. The number of nitrogens with one attached hydrogen (secondary N) is 2. The molecule has 0 aromatic heterocycles. The van der Waals surface area contributed by atoms with Crippen LogP contribution >= 0.6 is 11.8 Å². The second-order valence-electron chi connectivity index (χ2n) is 9.42. The minimum absolute atomic E-state index is 0.0162. The second-order valence-corrected chi connectivity index (χ2v) is 10.4. The number of nitrogens with zero attached hydrogens (tertiary/aromatic N) is 1. The molecular formula is C28H37N3O5S. The molecule has 2 aromatic carbocycles. The summed E-state index contributed by atoms with van der Waals surface area (Å²) >= 11 is 1.53. The highest BCUT2D eigenvalue weighted by molar-refractivity contribution is 7.98. The first kappa shape index (κ1) is 29.8. The molecule has 0 aliphatic carbocycles. The van der Waals surface area contributed by atoms with E-state index in [2.05, 4.69) is 17.2 Å². The van der Waals surface area contributed by atoms with Crippen molar-refractivity contribution in [1.29, 1.82) is 0 Å². The van der Waals surface area contributed by atoms with E-state index in [1.165, 1.54) is 28.8 Å². The van der Waals surface area contributed by atoms with Crippen molar-refractivity contribution in [2.45, 2.75) is 51.4 Å². The lowest BCUT2D eigenvalue weighted by atomic mass is 10.0. The standard InChI is InChI=1S/C28H37N3O5S/c1-6-17-31(26(34)22(16-18-37-5)30-27(35)36-28(2,3)4)24(21-14-10-11-15-23(21)32)25(33)29-19-20-12-8-7-9-13-20/h6-15,22,24,32H,1,16-19H2,2-5H3,(H,29,33)(H,30,35). The van der Waals surface area contributed by atoms with Crippen LogP contribution in [0.1, 0.15) is 44.4 Å². The lowest BCUT2D eigenvalue weighted by molar-refractivity contribution is -0.142. The van der Waals surface area contributed by atoms with Gasteiger partial charge in [-0.05, 0) is 50.8 Å². The molecule has 3 amide bonds. The summed E-state index contributed by atoms with van der Waals surface area (Å²) in [6.07, 6.45) is 3.01. The smallest absolute Gasteiger partial charge is 0.408 e. The molecule has 2 unspecified atom stereocenters. The molecule has 2 atom stereocenters. The van der Waals surface area contributed by atoms with Gasteiger partial charge in [-0.1, -0.05) is 54.6 Å². The molecule has 0 spiro atoms. The van der Waals surface area contributed by atoms with Crippen LogP contribution in [0.4, 0.5) is 4.79 Å². The van der Waals surface area contributed by atoms with Crippen molar-refractivity contribution < 1.29 is 24.2 Å². The van der Waals surface area contributed by atoms with Crippen molar-refractivity contribution in [3.63, 3.8) is 0 Å². The first-order chi connectivity index (χ1) is 17.6. The number of amides is 3. The Balaban J connectivity index is 2.42. The van der Waals surface area contributed by atoms with Gasteiger partial charge in [-0.2, -0.15) is 11.8 Å². The third kappa shape index (κ3) is 9.49. The molecule has 2 rings (SSSR count). The van der Waals surface area contributed by atoms with E-state index in [9.17, 15) is 19.5 Å². The third-order valence-corrected chi connectivity index (χ3v) is 5.95. The number of thioether (sulfide) groups is 1. The van der Waals surface area contributed by atoms with Crippen molar-refractivity contribution in [2.75, 3.05) is 18.6 Å². The van der Waals surface area contributed by atoms with E-state index in [0.717, 1.165) is 5.56 Å². The van der Waals surface area contributed by atoms with Crippen LogP contribution in [0.2, 0.25) is 0 Å². The maximum atomic E-state index is 13.9. The van der Waals surface area contributed by atoms with Gasteiger partial charge in [0.05, 0.1) is 0 Å². The van der Waals surface area contributed by atoms with Gasteiger partial charge >= 0.3 is 6.09 Å². The van der Waals surface area contributed by atoms with Crippen molar-refractivity contribution in [3.8, 4) is 5.75 Å². The summed E-state index contributed by atoms with van der Waals surface area (Å²) in [7, 11) is 0. The Bertz CT molecular complexity index is 1060. The summed E-state index contributed by atoms with van der Waals surface area (Å²) in [5.41, 5.74) is 0.412. The fraction of sp³-hybridized carbons (Fsp3) is 0.393. The van der Waals surface area contributed by atoms with E-state index in [-0.39, 0.29) is 24.4 Å². The Morgan fingerprint density at radius 2 is 1.76 bits per heavy atom. The van der Waals surface area contributed by atoms with Crippen LogP contribution in [0.5, 0.6) is 5.75 Å². The molecule has 0 bridgehead atoms. The number of benzene rings is 2. The first-order valence-electron chi connectivity index (χ1n) is 12.1. The predicted molar refractivity (Wildman–Crippen MR) is 147 cm³/mol. The van der Waals surface area contributed by atoms with Crippen LogP contribution in [0.15, 0.2) is 67.3 Å². The van der Waals surface area contributed by atoms with Gasteiger partial charge in [0.25, 0.3) is 0 Å². The highest BCUT2D eigenvalue weighted by Crippen LogP contribution is 2.30. The van der Waals surface area contributed by atoms with Gasteiger partial charge in [0.15, 0.2) is 0 Å². The largest absolute Gasteiger partial charge is 0.508 e. The molecule has 0 fully saturated rings. The summed E-state index contributed by atoms with van der Waals surface area (Å²) in [5, 5.41) is 16.2. The van der Waals surface area contributed by atoms with Gasteiger partial charge in [-0.15, -0.1) is 6.58 Å². The molecule has 9 heteroatoms. The number of alkyl carbamates (subject to hydrolysis) is 1. The highest BCUT2D eigenvalue weighted by Gasteiger charge is 2.36. The zero-order chi connectivity index (χ0) is 27.4. The zero-order valence-electron chi connectivity index (χ0n) is 21.9. The number of ether oxygens (including phenoxy) is 1. The fourth-order valence-corrected chi connectivity index (χ4v) is 4.13. The Labute approximate surface area is 223 Å². The second kappa shape index (κ2) is 14.3. The molecule has 8 nitrogen and oxygen atoms in total. The monoisotopic (exact) mass is 527 g/mol. The van der Waals surface area contributed by atoms with Gasteiger partial charge < -0.3 is 25.4 Å². The molecule has 0 heterocycles. The van der Waals surface area contributed by atoms with E-state index >= 15 is 0 Å². The van der Waals surface area contributed by atoms with Crippen LogP contribution in [0, 0.1) is 0 Å². The number of phenolic OH excluding ortho intramolecular Hbond substituents is 1. The highest BCUT2D eigenvalue weighted by atomic mass is 32.2. The molecular weight excluding hydrogens is 490 g/mol. The average molecular weight is 528 g/mol. The van der Waals surface area contributed by atoms with Crippen molar-refractivity contribution >= 4 is 29.7 Å². The summed E-state index contributed by atoms with van der Waals surface area (Å²) in [6.45, 7) is 9.23. The van der Waals surface area contributed by atoms with Gasteiger partial charge in [0.1, 0.15) is 23.4 Å². The van der Waals surface area contributed by atoms with E-state index in [1.807, 2.05) is 36.6 Å². The topological polar surface area (TPSA) is 108 Å². The minimum atomic E-state index is -1.16. The van der Waals surface area contributed by atoms with E-state index in [1.54, 1.807) is 39.0 Å². The quantitative estimate of drug-likeness (QED) is 0.353. The van der Waals surface area contributed by atoms with Crippen molar-refractivity contribution in [2.24, 2.45) is 0 Å². The van der Waals surface area contributed by atoms with Gasteiger partial charge in [-0.25, -0.2) is 4.79 Å². The van der Waals surface area contributed by atoms with Gasteiger partial charge in [-0.3, -0.25) is 9.59 Å². The molecule has 37 heavy (non-hydrogen) atoms. The zero-order valence-corrected chi connectivity index (χ0v) is 22.7. The summed E-state index contributed by atoms with van der Waals surface area (Å²) in [6, 6.07) is 13.7. The Morgan fingerprint density at radius 1 is 1.11 bits per heavy atom. The molecule has 0 aliphatic heterocycles. The van der Waals surface area contributed by atoms with E-state index in [4.69, 9.17) is 4.74 Å². The van der Waals surface area contributed by atoms with Gasteiger partial charge in [0, 0.05) is 18.7 Å². The van der Waals surface area contributed by atoms with E-state index in [0.29, 0.717) is 12.2 Å². The minimum Gasteiger partial charge on any atom is -0.508 e. The number of rotatable bonds is 12. The first-order valence-corrected chi connectivity index (χ1v) is 13.5. The molecule has 2 aromatic rings. The summed E-state index contributed by atoms with van der Waals surface area (Å²) < 4.78 is 5.37. The Morgan fingerprint density at radius 3 is 2.35 bits per heavy atom. The van der Waals surface area contributed by atoms with Crippen LogP contribution in [0.3, 0.4) is 0 Å². The predicted octanol–water partition coefficient (Wildman–Crippen LogP) is 4.41. The van der Waals surface area contributed by atoms with E-state index < -0.39 is 35.6 Å². The molecule has 0 saturated carbocycles. The summed E-state index contributed by atoms with van der Waals surface area (Å²) in [5.74, 6) is -0.482. The van der Waals surface area contributed by atoms with Crippen LogP contribution < -0.4 is 10.6 Å². The van der Waals surface area contributed by atoms with Crippen molar-refractivity contribution in [3.05, 3.63) is 78.4 Å².